The van der Waals surface area contributed by atoms with Crippen LogP contribution in [0, 0.1) is 5.92 Å². The summed E-state index contributed by atoms with van der Waals surface area (Å²) in [5, 5.41) is 3.23. The van der Waals surface area contributed by atoms with Gasteiger partial charge in [-0.1, -0.05) is 32.9 Å². The summed E-state index contributed by atoms with van der Waals surface area (Å²) in [5.74, 6) is 1.69. The summed E-state index contributed by atoms with van der Waals surface area (Å²) >= 11 is 0. The van der Waals surface area contributed by atoms with Crippen molar-refractivity contribution in [3.63, 3.8) is 0 Å². The number of nitrogens with one attached hydrogen (secondary N) is 1. The van der Waals surface area contributed by atoms with E-state index in [9.17, 15) is 0 Å². The first-order valence-electron chi connectivity index (χ1n) is 10.9. The highest BCUT2D eigenvalue weighted by Gasteiger charge is 2.22. The fraction of sp³-hybridized carbons (Fsp3) is 0.520. The van der Waals surface area contributed by atoms with Gasteiger partial charge < -0.3 is 10.2 Å². The minimum Gasteiger partial charge on any atom is -0.369 e. The standard InChI is InChI=1S/C25H38N4/c1-8-17-29(18(3)4)21(7)19(5)25(26-9-2)28-20(6)23-11-10-16-27-24(23)15-14-22-12-13-22/h9-11,16,18,22,26H,2,7-8,12-15,17H2,1,3-6H3/b25-19+,28-20?. The Hall–Kier alpha value is -2.36. The largest absolute Gasteiger partial charge is 0.369 e. The molecular formula is C25H38N4. The van der Waals surface area contributed by atoms with Crippen LogP contribution in [0.25, 0.3) is 0 Å². The molecule has 4 heteroatoms. The third kappa shape index (κ3) is 6.59. The molecule has 0 aromatic carbocycles. The van der Waals surface area contributed by atoms with Crippen molar-refractivity contribution in [1.82, 2.24) is 15.2 Å². The molecule has 4 nitrogen and oxygen atoms in total. The van der Waals surface area contributed by atoms with Crippen LogP contribution in [0.1, 0.15) is 71.6 Å². The minimum atomic E-state index is 0.389. The maximum absolute atomic E-state index is 4.95. The van der Waals surface area contributed by atoms with Crippen LogP contribution in [0.4, 0.5) is 0 Å². The predicted octanol–water partition coefficient (Wildman–Crippen LogP) is 5.83. The Kier molecular flexibility index (Phi) is 8.69. The summed E-state index contributed by atoms with van der Waals surface area (Å²) in [7, 11) is 0. The van der Waals surface area contributed by atoms with Gasteiger partial charge >= 0.3 is 0 Å². The van der Waals surface area contributed by atoms with Crippen molar-refractivity contribution < 1.29 is 0 Å². The monoisotopic (exact) mass is 394 g/mol. The number of nitrogens with zero attached hydrogens (tertiary/aromatic N) is 3. The highest BCUT2D eigenvalue weighted by Crippen LogP contribution is 2.33. The zero-order valence-corrected chi connectivity index (χ0v) is 19.0. The van der Waals surface area contributed by atoms with Crippen molar-refractivity contribution in [2.45, 2.75) is 72.8 Å². The van der Waals surface area contributed by atoms with Gasteiger partial charge in [0.05, 0.1) is 0 Å². The van der Waals surface area contributed by atoms with E-state index in [1.807, 2.05) is 12.3 Å². The second kappa shape index (κ2) is 11.0. The van der Waals surface area contributed by atoms with Gasteiger partial charge in [0, 0.05) is 47.0 Å². The van der Waals surface area contributed by atoms with E-state index in [1.54, 1.807) is 6.20 Å². The van der Waals surface area contributed by atoms with Gasteiger partial charge in [0.2, 0.25) is 0 Å². The maximum atomic E-state index is 4.95. The molecule has 29 heavy (non-hydrogen) atoms. The van der Waals surface area contributed by atoms with Gasteiger partial charge in [-0.05, 0) is 71.2 Å². The number of aromatic nitrogens is 1. The van der Waals surface area contributed by atoms with Gasteiger partial charge in [0.1, 0.15) is 5.82 Å². The van der Waals surface area contributed by atoms with E-state index in [0.29, 0.717) is 6.04 Å². The lowest BCUT2D eigenvalue weighted by Crippen LogP contribution is -2.31. The van der Waals surface area contributed by atoms with Gasteiger partial charge in [-0.25, -0.2) is 4.99 Å². The second-order valence-corrected chi connectivity index (χ2v) is 8.23. The van der Waals surface area contributed by atoms with E-state index in [1.165, 1.54) is 19.3 Å². The van der Waals surface area contributed by atoms with Crippen molar-refractivity contribution in [3.05, 3.63) is 66.0 Å². The first kappa shape index (κ1) is 22.9. The number of pyridine rings is 1. The Balaban J connectivity index is 2.34. The fourth-order valence-corrected chi connectivity index (χ4v) is 3.56. The molecule has 1 saturated carbocycles. The van der Waals surface area contributed by atoms with Crippen LogP contribution in [0.15, 0.2) is 59.8 Å². The first-order chi connectivity index (χ1) is 13.9. The Morgan fingerprint density at radius 1 is 1.38 bits per heavy atom. The van der Waals surface area contributed by atoms with Crippen molar-refractivity contribution in [2.75, 3.05) is 6.54 Å². The number of hydrogen-bond acceptors (Lipinski definition) is 4. The SMILES string of the molecule is C=CN/C(N=C(C)c1cccnc1CCC1CC1)=C(/C)C(=C)N(CCC)C(C)C. The van der Waals surface area contributed by atoms with Gasteiger partial charge in [-0.3, -0.25) is 4.98 Å². The maximum Gasteiger partial charge on any atom is 0.135 e. The van der Waals surface area contributed by atoms with Crippen molar-refractivity contribution in [1.29, 1.82) is 0 Å². The van der Waals surface area contributed by atoms with Crippen molar-refractivity contribution >= 4 is 5.71 Å². The number of aryl methyl sites for hydroxylation is 1. The molecule has 0 amide bonds. The molecule has 0 saturated heterocycles. The Labute approximate surface area is 177 Å². The van der Waals surface area contributed by atoms with Crippen LogP contribution < -0.4 is 5.32 Å². The van der Waals surface area contributed by atoms with Crippen molar-refractivity contribution in [3.8, 4) is 0 Å². The smallest absolute Gasteiger partial charge is 0.135 e. The summed E-state index contributed by atoms with van der Waals surface area (Å²) < 4.78 is 0. The lowest BCUT2D eigenvalue weighted by atomic mass is 10.0. The first-order valence-corrected chi connectivity index (χ1v) is 10.9. The molecule has 2 rings (SSSR count). The van der Waals surface area contributed by atoms with Crippen LogP contribution >= 0.6 is 0 Å². The zero-order valence-electron chi connectivity index (χ0n) is 19.0. The molecule has 1 aromatic rings. The van der Waals surface area contributed by atoms with E-state index in [4.69, 9.17) is 4.99 Å². The molecule has 158 valence electrons. The molecule has 1 N–H and O–H groups in total. The van der Waals surface area contributed by atoms with Gasteiger partial charge in [0.15, 0.2) is 0 Å². The quantitative estimate of drug-likeness (QED) is 0.358. The molecule has 0 spiro atoms. The van der Waals surface area contributed by atoms with Crippen LogP contribution in [0.2, 0.25) is 0 Å². The lowest BCUT2D eigenvalue weighted by Gasteiger charge is -2.31. The predicted molar refractivity (Wildman–Crippen MR) is 125 cm³/mol. The van der Waals surface area contributed by atoms with Gasteiger partial charge in [-0.15, -0.1) is 0 Å². The molecule has 0 atom stereocenters. The second-order valence-electron chi connectivity index (χ2n) is 8.23. The van der Waals surface area contributed by atoms with E-state index in [0.717, 1.165) is 59.4 Å². The number of hydrogen-bond donors (Lipinski definition) is 1. The Bertz CT molecular complexity index is 769. The molecule has 0 radical (unpaired) electrons. The van der Waals surface area contributed by atoms with Crippen LogP contribution in [0.5, 0.6) is 0 Å². The average Bonchev–Trinajstić information content (AvgIpc) is 3.53. The number of allylic oxidation sites excluding steroid dienone is 1. The zero-order chi connectivity index (χ0) is 21.4. The molecular weight excluding hydrogens is 356 g/mol. The summed E-state index contributed by atoms with van der Waals surface area (Å²) in [6.07, 6.45) is 9.63. The highest BCUT2D eigenvalue weighted by atomic mass is 15.2. The Morgan fingerprint density at radius 2 is 2.10 bits per heavy atom. The third-order valence-corrected chi connectivity index (χ3v) is 5.51. The number of rotatable bonds is 12. The number of aliphatic imine (C=N–C) groups is 1. The Morgan fingerprint density at radius 3 is 2.69 bits per heavy atom. The molecule has 0 bridgehead atoms. The fourth-order valence-electron chi connectivity index (χ4n) is 3.56. The summed E-state index contributed by atoms with van der Waals surface area (Å²) in [4.78, 5) is 11.9. The lowest BCUT2D eigenvalue weighted by molar-refractivity contribution is 0.290. The molecule has 1 aliphatic carbocycles. The minimum absolute atomic E-state index is 0.389. The third-order valence-electron chi connectivity index (χ3n) is 5.51. The van der Waals surface area contributed by atoms with Crippen LogP contribution in [-0.4, -0.2) is 28.2 Å². The van der Waals surface area contributed by atoms with E-state index in [-0.39, 0.29) is 0 Å². The van der Waals surface area contributed by atoms with E-state index < -0.39 is 0 Å². The van der Waals surface area contributed by atoms with E-state index in [2.05, 4.69) is 69.0 Å². The summed E-state index contributed by atoms with van der Waals surface area (Å²) in [6.45, 7) is 19.9. The summed E-state index contributed by atoms with van der Waals surface area (Å²) in [5.41, 5.74) is 5.28. The molecule has 1 heterocycles. The average molecular weight is 395 g/mol. The molecule has 0 aliphatic heterocycles. The van der Waals surface area contributed by atoms with Crippen molar-refractivity contribution in [2.24, 2.45) is 10.9 Å². The highest BCUT2D eigenvalue weighted by molar-refractivity contribution is 6.00. The van der Waals surface area contributed by atoms with Crippen LogP contribution in [-0.2, 0) is 6.42 Å². The van der Waals surface area contributed by atoms with E-state index >= 15 is 0 Å². The normalized spacial score (nSPS) is 15.2. The molecule has 1 aromatic heterocycles. The van der Waals surface area contributed by atoms with Gasteiger partial charge in [-0.2, -0.15) is 0 Å². The summed E-state index contributed by atoms with van der Waals surface area (Å²) in [6, 6.07) is 4.51. The molecule has 1 fully saturated rings. The molecule has 1 aliphatic rings. The van der Waals surface area contributed by atoms with Gasteiger partial charge in [0.25, 0.3) is 0 Å². The topological polar surface area (TPSA) is 40.5 Å². The van der Waals surface area contributed by atoms with Crippen LogP contribution in [0.3, 0.4) is 0 Å². The molecule has 0 unspecified atom stereocenters.